The summed E-state index contributed by atoms with van der Waals surface area (Å²) in [5, 5.41) is 6.01. The van der Waals surface area contributed by atoms with E-state index >= 15 is 0 Å². The molecule has 5 nitrogen and oxygen atoms in total. The van der Waals surface area contributed by atoms with Crippen LogP contribution in [0.25, 0.3) is 0 Å². The number of benzene rings is 1. The van der Waals surface area contributed by atoms with E-state index in [0.717, 1.165) is 12.1 Å². The summed E-state index contributed by atoms with van der Waals surface area (Å²) in [5.74, 6) is -0.495. The topological polar surface area (TPSA) is 67.4 Å². The average molecular weight is 278 g/mol. The molecule has 1 unspecified atom stereocenters. The van der Waals surface area contributed by atoms with Gasteiger partial charge in [0.15, 0.2) is 0 Å². The molecule has 2 N–H and O–H groups in total. The smallest absolute Gasteiger partial charge is 0.337 e. The molecule has 0 aliphatic carbocycles. The van der Waals surface area contributed by atoms with E-state index in [1.807, 2.05) is 20.8 Å². The van der Waals surface area contributed by atoms with Gasteiger partial charge < -0.3 is 15.4 Å². The highest BCUT2D eigenvalue weighted by molar-refractivity contribution is 5.95. The van der Waals surface area contributed by atoms with Crippen molar-refractivity contribution in [2.45, 2.75) is 33.2 Å². The van der Waals surface area contributed by atoms with Gasteiger partial charge in [-0.1, -0.05) is 13.0 Å². The number of carbonyl (C=O) groups excluding carboxylic acids is 2. The van der Waals surface area contributed by atoms with Crippen LogP contribution in [0.4, 0.5) is 5.69 Å². The van der Waals surface area contributed by atoms with Crippen LogP contribution in [-0.4, -0.2) is 31.6 Å². The van der Waals surface area contributed by atoms with Crippen LogP contribution in [0.5, 0.6) is 0 Å². The van der Waals surface area contributed by atoms with Crippen molar-refractivity contribution in [3.05, 3.63) is 29.3 Å². The van der Waals surface area contributed by atoms with Crippen molar-refractivity contribution in [2.24, 2.45) is 0 Å². The Morgan fingerprint density at radius 2 is 2.05 bits per heavy atom. The first-order valence-corrected chi connectivity index (χ1v) is 6.70. The molecule has 0 bridgehead atoms. The number of carbonyl (C=O) groups is 2. The van der Waals surface area contributed by atoms with Crippen LogP contribution >= 0.6 is 0 Å². The molecule has 0 aliphatic heterocycles. The summed E-state index contributed by atoms with van der Waals surface area (Å²) in [5.41, 5.74) is 1.97. The van der Waals surface area contributed by atoms with E-state index in [4.69, 9.17) is 0 Å². The number of anilines is 1. The van der Waals surface area contributed by atoms with E-state index in [9.17, 15) is 9.59 Å². The summed E-state index contributed by atoms with van der Waals surface area (Å²) in [6, 6.07) is 5.22. The number of nitrogens with one attached hydrogen (secondary N) is 2. The van der Waals surface area contributed by atoms with E-state index in [1.54, 1.807) is 18.2 Å². The second kappa shape index (κ2) is 7.65. The van der Waals surface area contributed by atoms with Crippen molar-refractivity contribution in [3.63, 3.8) is 0 Å². The zero-order valence-electron chi connectivity index (χ0n) is 12.4. The Bertz CT molecular complexity index is 486. The quantitative estimate of drug-likeness (QED) is 0.782. The molecule has 1 aromatic carbocycles. The molecule has 0 fully saturated rings. The van der Waals surface area contributed by atoms with Gasteiger partial charge in [-0.2, -0.15) is 0 Å². The minimum absolute atomic E-state index is 0.0800. The lowest BCUT2D eigenvalue weighted by molar-refractivity contribution is -0.116. The maximum atomic E-state index is 11.9. The van der Waals surface area contributed by atoms with Gasteiger partial charge in [-0.15, -0.1) is 0 Å². The highest BCUT2D eigenvalue weighted by atomic mass is 16.5. The molecule has 0 heterocycles. The molecule has 1 rings (SSSR count). The molecular weight excluding hydrogens is 256 g/mol. The number of methoxy groups -OCH3 is 1. The standard InChI is InChI=1S/C15H22N2O3/c1-5-16-11(3)8-14(18)17-13-9-12(15(19)20-4)7-6-10(13)2/h6-7,9,11,16H,5,8H2,1-4H3,(H,17,18). The average Bonchev–Trinajstić information content (AvgIpc) is 2.40. The largest absolute Gasteiger partial charge is 0.465 e. The van der Waals surface area contributed by atoms with Gasteiger partial charge >= 0.3 is 5.97 Å². The summed E-state index contributed by atoms with van der Waals surface area (Å²) in [7, 11) is 1.33. The number of hydrogen-bond donors (Lipinski definition) is 2. The summed E-state index contributed by atoms with van der Waals surface area (Å²) in [6.07, 6.45) is 0.385. The summed E-state index contributed by atoms with van der Waals surface area (Å²) >= 11 is 0. The Balaban J connectivity index is 2.76. The fraction of sp³-hybridized carbons (Fsp3) is 0.467. The third kappa shape index (κ3) is 4.66. The monoisotopic (exact) mass is 278 g/mol. The predicted octanol–water partition coefficient (Wildman–Crippen LogP) is 2.11. The number of aryl methyl sites for hydroxylation is 1. The van der Waals surface area contributed by atoms with Gasteiger partial charge in [-0.25, -0.2) is 4.79 Å². The van der Waals surface area contributed by atoms with Gasteiger partial charge in [0.25, 0.3) is 0 Å². The molecule has 1 atom stereocenters. The van der Waals surface area contributed by atoms with Gasteiger partial charge in [0, 0.05) is 18.2 Å². The van der Waals surface area contributed by atoms with Gasteiger partial charge in [0.2, 0.25) is 5.91 Å². The van der Waals surface area contributed by atoms with Crippen LogP contribution < -0.4 is 10.6 Å². The maximum absolute atomic E-state index is 11.9. The van der Waals surface area contributed by atoms with Crippen LogP contribution in [0.2, 0.25) is 0 Å². The van der Waals surface area contributed by atoms with Crippen molar-refractivity contribution >= 4 is 17.6 Å². The van der Waals surface area contributed by atoms with E-state index < -0.39 is 5.97 Å². The van der Waals surface area contributed by atoms with Crippen LogP contribution in [0, 0.1) is 6.92 Å². The molecule has 0 aliphatic rings. The number of hydrogen-bond acceptors (Lipinski definition) is 4. The van der Waals surface area contributed by atoms with Crippen LogP contribution in [0.3, 0.4) is 0 Å². The van der Waals surface area contributed by atoms with Crippen LogP contribution in [0.15, 0.2) is 18.2 Å². The Labute approximate surface area is 119 Å². The van der Waals surface area contributed by atoms with Gasteiger partial charge in [0.1, 0.15) is 0 Å². The van der Waals surface area contributed by atoms with Crippen molar-refractivity contribution in [1.82, 2.24) is 5.32 Å². The molecule has 0 aromatic heterocycles. The number of amides is 1. The predicted molar refractivity (Wildman–Crippen MR) is 78.9 cm³/mol. The summed E-state index contributed by atoms with van der Waals surface area (Å²) in [4.78, 5) is 23.4. The molecular formula is C15H22N2O3. The maximum Gasteiger partial charge on any atom is 0.337 e. The van der Waals surface area contributed by atoms with E-state index in [0.29, 0.717) is 17.7 Å². The Hall–Kier alpha value is -1.88. The Morgan fingerprint density at radius 1 is 1.35 bits per heavy atom. The lowest BCUT2D eigenvalue weighted by atomic mass is 10.1. The normalized spacial score (nSPS) is 11.8. The SMILES string of the molecule is CCNC(C)CC(=O)Nc1cc(C(=O)OC)ccc1C. The molecule has 0 saturated heterocycles. The third-order valence-corrected chi connectivity index (χ3v) is 2.98. The number of ether oxygens (including phenoxy) is 1. The Morgan fingerprint density at radius 3 is 2.65 bits per heavy atom. The first kappa shape index (κ1) is 16.2. The van der Waals surface area contributed by atoms with Gasteiger partial charge in [0.05, 0.1) is 12.7 Å². The van der Waals surface area contributed by atoms with Crippen LogP contribution in [-0.2, 0) is 9.53 Å². The molecule has 110 valence electrons. The first-order valence-electron chi connectivity index (χ1n) is 6.70. The lowest BCUT2D eigenvalue weighted by Crippen LogP contribution is -2.30. The fourth-order valence-electron chi connectivity index (χ4n) is 1.90. The van der Waals surface area contributed by atoms with Crippen LogP contribution in [0.1, 0.15) is 36.2 Å². The molecule has 1 amide bonds. The van der Waals surface area contributed by atoms with Crippen molar-refractivity contribution in [1.29, 1.82) is 0 Å². The molecule has 0 spiro atoms. The molecule has 1 aromatic rings. The van der Waals surface area contributed by atoms with Crippen molar-refractivity contribution < 1.29 is 14.3 Å². The van der Waals surface area contributed by atoms with Crippen molar-refractivity contribution in [2.75, 3.05) is 19.0 Å². The fourth-order valence-corrected chi connectivity index (χ4v) is 1.90. The summed E-state index contributed by atoms with van der Waals surface area (Å²) in [6.45, 7) is 6.66. The minimum Gasteiger partial charge on any atom is -0.465 e. The number of rotatable bonds is 6. The third-order valence-electron chi connectivity index (χ3n) is 2.98. The minimum atomic E-state index is -0.415. The highest BCUT2D eigenvalue weighted by Crippen LogP contribution is 2.18. The first-order chi connectivity index (χ1) is 9.47. The molecule has 20 heavy (non-hydrogen) atoms. The van der Waals surface area contributed by atoms with Crippen molar-refractivity contribution in [3.8, 4) is 0 Å². The second-order valence-electron chi connectivity index (χ2n) is 4.73. The van der Waals surface area contributed by atoms with Gasteiger partial charge in [-0.3, -0.25) is 4.79 Å². The second-order valence-corrected chi connectivity index (χ2v) is 4.73. The number of esters is 1. The highest BCUT2D eigenvalue weighted by Gasteiger charge is 2.12. The zero-order valence-corrected chi connectivity index (χ0v) is 12.4. The Kier molecular flexibility index (Phi) is 6.18. The lowest BCUT2D eigenvalue weighted by Gasteiger charge is -2.14. The van der Waals surface area contributed by atoms with E-state index in [1.165, 1.54) is 7.11 Å². The van der Waals surface area contributed by atoms with E-state index in [2.05, 4.69) is 15.4 Å². The van der Waals surface area contributed by atoms with Gasteiger partial charge in [-0.05, 0) is 38.1 Å². The summed E-state index contributed by atoms with van der Waals surface area (Å²) < 4.78 is 4.67. The molecule has 5 heteroatoms. The zero-order chi connectivity index (χ0) is 15.1. The van der Waals surface area contributed by atoms with E-state index in [-0.39, 0.29) is 11.9 Å². The molecule has 0 saturated carbocycles. The molecule has 0 radical (unpaired) electrons.